The Balaban J connectivity index is 1.73. The third-order valence-electron chi connectivity index (χ3n) is 4.04. The van der Waals surface area contributed by atoms with Crippen molar-refractivity contribution in [3.05, 3.63) is 59.1 Å². The molecule has 0 fully saturated rings. The molecule has 1 amide bonds. The van der Waals surface area contributed by atoms with Gasteiger partial charge in [0.05, 0.1) is 5.56 Å². The van der Waals surface area contributed by atoms with Gasteiger partial charge in [-0.3, -0.25) is 4.79 Å². The van der Waals surface area contributed by atoms with E-state index in [9.17, 15) is 9.59 Å². The zero-order valence-corrected chi connectivity index (χ0v) is 15.4. The first-order chi connectivity index (χ1) is 13.5. The Kier molecular flexibility index (Phi) is 4.48. The van der Waals surface area contributed by atoms with Crippen LogP contribution in [-0.4, -0.2) is 36.3 Å². The average molecular weight is 378 g/mol. The average Bonchev–Trinajstić information content (AvgIpc) is 3.28. The van der Waals surface area contributed by atoms with Gasteiger partial charge in [0.1, 0.15) is 6.54 Å². The number of fused-ring (bicyclic) bond motifs is 1. The molecule has 0 aliphatic heterocycles. The van der Waals surface area contributed by atoms with Gasteiger partial charge in [-0.05, 0) is 26.0 Å². The zero-order valence-electron chi connectivity index (χ0n) is 15.4. The molecule has 9 nitrogen and oxygen atoms in total. The molecule has 3 aromatic heterocycles. The lowest BCUT2D eigenvalue weighted by atomic mass is 10.2. The number of pyridine rings is 1. The number of hydrogen-bond acceptors (Lipinski definition) is 6. The van der Waals surface area contributed by atoms with Crippen LogP contribution in [0.3, 0.4) is 0 Å². The van der Waals surface area contributed by atoms with Crippen molar-refractivity contribution in [2.75, 3.05) is 0 Å². The van der Waals surface area contributed by atoms with E-state index in [-0.39, 0.29) is 24.4 Å². The third-order valence-corrected chi connectivity index (χ3v) is 4.04. The van der Waals surface area contributed by atoms with E-state index in [1.807, 2.05) is 44.2 Å². The molecule has 142 valence electrons. The van der Waals surface area contributed by atoms with Crippen LogP contribution in [-0.2, 0) is 11.3 Å². The molecule has 1 aromatic carbocycles. The SMILES string of the molecule is CC(C)NC(=O)Cn1nc2c(-c3nc(-c4ccccc4)no3)cccn2c1=O. The molecule has 0 radical (unpaired) electrons. The van der Waals surface area contributed by atoms with Crippen LogP contribution >= 0.6 is 0 Å². The molecule has 1 N–H and O–H groups in total. The molecular formula is C19H18N6O3. The van der Waals surface area contributed by atoms with Crippen LogP contribution in [0.2, 0.25) is 0 Å². The molecule has 0 saturated heterocycles. The number of nitrogens with zero attached hydrogens (tertiary/aromatic N) is 5. The molecule has 4 rings (SSSR count). The molecule has 0 aliphatic rings. The van der Waals surface area contributed by atoms with E-state index < -0.39 is 5.69 Å². The Morgan fingerprint density at radius 1 is 1.18 bits per heavy atom. The normalized spacial score (nSPS) is 11.2. The zero-order chi connectivity index (χ0) is 19.7. The Bertz CT molecular complexity index is 1190. The van der Waals surface area contributed by atoms with Crippen molar-refractivity contribution in [1.82, 2.24) is 29.6 Å². The van der Waals surface area contributed by atoms with Crippen molar-refractivity contribution >= 4 is 11.6 Å². The standard InChI is InChI=1S/C19H18N6O3/c1-12(2)20-15(26)11-25-19(27)24-10-6-9-14(17(24)22-25)18-21-16(23-28-18)13-7-4-3-5-8-13/h3-10,12H,11H2,1-2H3,(H,20,26). The first-order valence-corrected chi connectivity index (χ1v) is 8.80. The van der Waals surface area contributed by atoms with Crippen molar-refractivity contribution in [3.8, 4) is 22.8 Å². The Hall–Kier alpha value is -3.75. The monoisotopic (exact) mass is 378 g/mol. The fraction of sp³-hybridized carbons (Fsp3) is 0.211. The number of benzene rings is 1. The molecular weight excluding hydrogens is 360 g/mol. The summed E-state index contributed by atoms with van der Waals surface area (Å²) in [4.78, 5) is 29.0. The van der Waals surface area contributed by atoms with Gasteiger partial charge < -0.3 is 9.84 Å². The molecule has 0 spiro atoms. The van der Waals surface area contributed by atoms with Crippen LogP contribution in [0.25, 0.3) is 28.5 Å². The second-order valence-electron chi connectivity index (χ2n) is 6.57. The van der Waals surface area contributed by atoms with E-state index in [1.165, 1.54) is 4.40 Å². The Morgan fingerprint density at radius 2 is 1.96 bits per heavy atom. The number of aromatic nitrogens is 5. The number of nitrogens with one attached hydrogen (secondary N) is 1. The summed E-state index contributed by atoms with van der Waals surface area (Å²) in [6.07, 6.45) is 1.58. The highest BCUT2D eigenvalue weighted by Gasteiger charge is 2.18. The lowest BCUT2D eigenvalue weighted by molar-refractivity contribution is -0.122. The highest BCUT2D eigenvalue weighted by Crippen LogP contribution is 2.24. The summed E-state index contributed by atoms with van der Waals surface area (Å²) in [7, 11) is 0. The van der Waals surface area contributed by atoms with E-state index in [0.29, 0.717) is 17.0 Å². The lowest BCUT2D eigenvalue weighted by Gasteiger charge is -2.06. The lowest BCUT2D eigenvalue weighted by Crippen LogP contribution is -2.36. The maximum atomic E-state index is 12.6. The molecule has 0 saturated carbocycles. The molecule has 0 aliphatic carbocycles. The second-order valence-corrected chi connectivity index (χ2v) is 6.57. The van der Waals surface area contributed by atoms with Gasteiger partial charge in [-0.15, -0.1) is 5.10 Å². The third kappa shape index (κ3) is 3.29. The summed E-state index contributed by atoms with van der Waals surface area (Å²) in [5.41, 5.74) is 1.25. The summed E-state index contributed by atoms with van der Waals surface area (Å²) in [5, 5.41) is 11.0. The molecule has 9 heteroatoms. The van der Waals surface area contributed by atoms with Crippen molar-refractivity contribution < 1.29 is 9.32 Å². The van der Waals surface area contributed by atoms with Crippen molar-refractivity contribution in [3.63, 3.8) is 0 Å². The maximum Gasteiger partial charge on any atom is 0.350 e. The molecule has 4 aromatic rings. The summed E-state index contributed by atoms with van der Waals surface area (Å²) < 4.78 is 7.86. The van der Waals surface area contributed by atoms with Crippen LogP contribution in [0.1, 0.15) is 13.8 Å². The van der Waals surface area contributed by atoms with E-state index in [4.69, 9.17) is 4.52 Å². The second kappa shape index (κ2) is 7.10. The van der Waals surface area contributed by atoms with Gasteiger partial charge in [-0.2, -0.15) is 4.98 Å². The smallest absolute Gasteiger partial charge is 0.350 e. The Labute approximate surface area is 159 Å². The van der Waals surface area contributed by atoms with Crippen LogP contribution in [0.15, 0.2) is 58.0 Å². The van der Waals surface area contributed by atoms with Crippen molar-refractivity contribution in [2.24, 2.45) is 0 Å². The number of amides is 1. The van der Waals surface area contributed by atoms with Gasteiger partial charge in [0.2, 0.25) is 11.7 Å². The van der Waals surface area contributed by atoms with Crippen LogP contribution < -0.4 is 11.0 Å². The van der Waals surface area contributed by atoms with Gasteiger partial charge in [0.25, 0.3) is 5.89 Å². The van der Waals surface area contributed by atoms with Gasteiger partial charge in [0.15, 0.2) is 5.65 Å². The minimum Gasteiger partial charge on any atom is -0.352 e. The molecule has 28 heavy (non-hydrogen) atoms. The summed E-state index contributed by atoms with van der Waals surface area (Å²) in [6.45, 7) is 3.53. The first-order valence-electron chi connectivity index (χ1n) is 8.80. The maximum absolute atomic E-state index is 12.6. The van der Waals surface area contributed by atoms with Gasteiger partial charge in [-0.1, -0.05) is 35.5 Å². The van der Waals surface area contributed by atoms with Crippen molar-refractivity contribution in [2.45, 2.75) is 26.4 Å². The number of rotatable bonds is 5. The van der Waals surface area contributed by atoms with Crippen LogP contribution in [0.5, 0.6) is 0 Å². The number of carbonyl (C=O) groups is 1. The predicted octanol–water partition coefficient (Wildman–Crippen LogP) is 1.74. The van der Waals surface area contributed by atoms with Gasteiger partial charge >= 0.3 is 5.69 Å². The van der Waals surface area contributed by atoms with Crippen molar-refractivity contribution in [1.29, 1.82) is 0 Å². The topological polar surface area (TPSA) is 107 Å². The molecule has 0 bridgehead atoms. The van der Waals surface area contributed by atoms with E-state index in [2.05, 4.69) is 20.6 Å². The first kappa shape index (κ1) is 17.7. The van der Waals surface area contributed by atoms with Crippen LogP contribution in [0, 0.1) is 0 Å². The van der Waals surface area contributed by atoms with Crippen LogP contribution in [0.4, 0.5) is 0 Å². The van der Waals surface area contributed by atoms with E-state index in [1.54, 1.807) is 18.3 Å². The summed E-state index contributed by atoms with van der Waals surface area (Å²) in [6, 6.07) is 12.8. The van der Waals surface area contributed by atoms with E-state index in [0.717, 1.165) is 10.2 Å². The quantitative estimate of drug-likeness (QED) is 0.567. The fourth-order valence-corrected chi connectivity index (χ4v) is 2.85. The molecule has 3 heterocycles. The summed E-state index contributed by atoms with van der Waals surface area (Å²) in [5.74, 6) is 0.398. The largest absolute Gasteiger partial charge is 0.352 e. The highest BCUT2D eigenvalue weighted by atomic mass is 16.5. The Morgan fingerprint density at radius 3 is 2.71 bits per heavy atom. The highest BCUT2D eigenvalue weighted by molar-refractivity contribution is 5.76. The number of carbonyl (C=O) groups excluding carboxylic acids is 1. The van der Waals surface area contributed by atoms with Gasteiger partial charge in [-0.25, -0.2) is 13.9 Å². The predicted molar refractivity (Wildman–Crippen MR) is 101 cm³/mol. The minimum absolute atomic E-state index is 0.0226. The van der Waals surface area contributed by atoms with E-state index >= 15 is 0 Å². The minimum atomic E-state index is -0.418. The summed E-state index contributed by atoms with van der Waals surface area (Å²) >= 11 is 0. The molecule has 0 unspecified atom stereocenters. The van der Waals surface area contributed by atoms with Gasteiger partial charge in [0, 0.05) is 17.8 Å². The fourth-order valence-electron chi connectivity index (χ4n) is 2.85. The number of hydrogen-bond donors (Lipinski definition) is 1. The molecule has 0 atom stereocenters.